The number of hydrogen-bond acceptors (Lipinski definition) is 5. The van der Waals surface area contributed by atoms with Crippen LogP contribution in [-0.4, -0.2) is 39.3 Å². The quantitative estimate of drug-likeness (QED) is 0.673. The number of hydrogen-bond donors (Lipinski definition) is 0. The van der Waals surface area contributed by atoms with Crippen molar-refractivity contribution in [1.29, 1.82) is 0 Å². The van der Waals surface area contributed by atoms with Gasteiger partial charge < -0.3 is 18.8 Å². The molecule has 3 rings (SSSR count). The fourth-order valence-corrected chi connectivity index (χ4v) is 2.46. The molecule has 5 nitrogen and oxygen atoms in total. The van der Waals surface area contributed by atoms with E-state index in [1.54, 1.807) is 12.1 Å². The molecule has 0 amide bonds. The predicted molar refractivity (Wildman–Crippen MR) is 90.5 cm³/mol. The number of fused-ring (bicyclic) bond motifs is 2. The lowest BCUT2D eigenvalue weighted by molar-refractivity contribution is 0.260. The maximum Gasteiger partial charge on any atom is 0.200 e. The van der Waals surface area contributed by atoms with E-state index in [9.17, 15) is 9.18 Å². The van der Waals surface area contributed by atoms with E-state index in [0.717, 1.165) is 6.54 Å². The summed E-state index contributed by atoms with van der Waals surface area (Å²) in [5, 5.41) is 0.657. The Morgan fingerprint density at radius 3 is 2.67 bits per heavy atom. The summed E-state index contributed by atoms with van der Waals surface area (Å²) in [7, 11) is 5.38. The highest BCUT2D eigenvalue weighted by Crippen LogP contribution is 2.32. The molecule has 0 saturated carbocycles. The molecular formula is C18H18FNO4. The highest BCUT2D eigenvalue weighted by molar-refractivity contribution is 5.93. The van der Waals surface area contributed by atoms with Gasteiger partial charge in [-0.3, -0.25) is 4.79 Å². The Bertz CT molecular complexity index is 949. The zero-order chi connectivity index (χ0) is 17.3. The van der Waals surface area contributed by atoms with E-state index < -0.39 is 5.82 Å². The number of ether oxygens (including phenoxy) is 2. The van der Waals surface area contributed by atoms with Gasteiger partial charge in [0.15, 0.2) is 11.3 Å². The van der Waals surface area contributed by atoms with Crippen LogP contribution < -0.4 is 14.9 Å². The second kappa shape index (κ2) is 6.49. The molecule has 0 radical (unpaired) electrons. The summed E-state index contributed by atoms with van der Waals surface area (Å²) in [4.78, 5) is 14.7. The first kappa shape index (κ1) is 16.3. The molecular weight excluding hydrogens is 313 g/mol. The first-order valence-electron chi connectivity index (χ1n) is 7.51. The second-order valence-electron chi connectivity index (χ2n) is 5.73. The summed E-state index contributed by atoms with van der Waals surface area (Å²) in [5.74, 6) is 0.429. The maximum absolute atomic E-state index is 13.4. The highest BCUT2D eigenvalue weighted by Gasteiger charge is 2.14. The fourth-order valence-electron chi connectivity index (χ4n) is 2.46. The molecule has 24 heavy (non-hydrogen) atoms. The molecule has 2 aromatic carbocycles. The van der Waals surface area contributed by atoms with E-state index in [2.05, 4.69) is 0 Å². The van der Waals surface area contributed by atoms with E-state index in [4.69, 9.17) is 13.9 Å². The van der Waals surface area contributed by atoms with Crippen LogP contribution in [0.1, 0.15) is 0 Å². The summed E-state index contributed by atoms with van der Waals surface area (Å²) in [6.45, 7) is 1.22. The van der Waals surface area contributed by atoms with Crippen molar-refractivity contribution >= 4 is 21.9 Å². The molecule has 0 unspecified atom stereocenters. The standard InChI is InChI=1S/C18H18FNO4/c1-20(2)6-7-23-12-9-14-17(21)13-5-4-11(19)8-15(13)24-18(14)16(10-12)22-3/h4-5,8-10H,6-7H2,1-3H3. The Morgan fingerprint density at radius 2 is 1.96 bits per heavy atom. The molecule has 6 heteroatoms. The zero-order valence-corrected chi connectivity index (χ0v) is 13.8. The normalized spacial score (nSPS) is 11.4. The van der Waals surface area contributed by atoms with E-state index in [-0.39, 0.29) is 16.6 Å². The molecule has 0 aliphatic rings. The van der Waals surface area contributed by atoms with Crippen molar-refractivity contribution in [2.24, 2.45) is 0 Å². The van der Waals surface area contributed by atoms with E-state index in [1.807, 2.05) is 19.0 Å². The molecule has 0 N–H and O–H groups in total. The van der Waals surface area contributed by atoms with Crippen LogP contribution >= 0.6 is 0 Å². The van der Waals surface area contributed by atoms with Crippen LogP contribution in [0.5, 0.6) is 11.5 Å². The van der Waals surface area contributed by atoms with Crippen LogP contribution in [0.25, 0.3) is 21.9 Å². The van der Waals surface area contributed by atoms with Crippen molar-refractivity contribution in [3.8, 4) is 11.5 Å². The molecule has 126 valence electrons. The van der Waals surface area contributed by atoms with Crippen LogP contribution in [0.4, 0.5) is 4.39 Å². The summed E-state index contributed by atoms with van der Waals surface area (Å²) < 4.78 is 30.1. The summed E-state index contributed by atoms with van der Waals surface area (Å²) in [5.41, 5.74) is 0.218. The van der Waals surface area contributed by atoms with Gasteiger partial charge in [-0.1, -0.05) is 0 Å². The molecule has 0 aliphatic carbocycles. The number of likely N-dealkylation sites (N-methyl/N-ethyl adjacent to an activating group) is 1. The van der Waals surface area contributed by atoms with E-state index >= 15 is 0 Å². The van der Waals surface area contributed by atoms with Crippen molar-refractivity contribution in [1.82, 2.24) is 4.90 Å². The topological polar surface area (TPSA) is 51.9 Å². The van der Waals surface area contributed by atoms with Crippen LogP contribution in [0, 0.1) is 5.82 Å². The maximum atomic E-state index is 13.4. The van der Waals surface area contributed by atoms with Gasteiger partial charge in [-0.05, 0) is 32.3 Å². The minimum atomic E-state index is -0.465. The molecule has 1 aromatic heterocycles. The molecule has 0 saturated heterocycles. The lowest BCUT2D eigenvalue weighted by Gasteiger charge is -2.13. The average Bonchev–Trinajstić information content (AvgIpc) is 2.54. The lowest BCUT2D eigenvalue weighted by Crippen LogP contribution is -2.19. The summed E-state index contributed by atoms with van der Waals surface area (Å²) in [6.07, 6.45) is 0. The number of benzene rings is 2. The fraction of sp³-hybridized carbons (Fsp3) is 0.278. The van der Waals surface area contributed by atoms with Crippen LogP contribution in [0.2, 0.25) is 0 Å². The second-order valence-corrected chi connectivity index (χ2v) is 5.73. The van der Waals surface area contributed by atoms with Gasteiger partial charge in [0.25, 0.3) is 0 Å². The molecule has 0 fully saturated rings. The van der Waals surface area contributed by atoms with Crippen LogP contribution in [0.15, 0.2) is 39.5 Å². The molecule has 3 aromatic rings. The van der Waals surface area contributed by atoms with Crippen molar-refractivity contribution in [2.45, 2.75) is 0 Å². The van der Waals surface area contributed by atoms with Crippen molar-refractivity contribution in [3.63, 3.8) is 0 Å². The zero-order valence-electron chi connectivity index (χ0n) is 13.8. The Kier molecular flexibility index (Phi) is 4.40. The Labute approximate surface area is 138 Å². The summed E-state index contributed by atoms with van der Waals surface area (Å²) in [6, 6.07) is 7.13. The molecule has 0 atom stereocenters. The minimum Gasteiger partial charge on any atom is -0.493 e. The number of rotatable bonds is 5. The number of nitrogens with zero attached hydrogens (tertiary/aromatic N) is 1. The van der Waals surface area contributed by atoms with Gasteiger partial charge in [-0.15, -0.1) is 0 Å². The first-order chi connectivity index (χ1) is 11.5. The third kappa shape index (κ3) is 3.05. The molecule has 0 aliphatic heterocycles. The first-order valence-corrected chi connectivity index (χ1v) is 7.51. The Hall–Kier alpha value is -2.60. The largest absolute Gasteiger partial charge is 0.493 e. The molecule has 0 spiro atoms. The van der Waals surface area contributed by atoms with Crippen LogP contribution in [0.3, 0.4) is 0 Å². The highest BCUT2D eigenvalue weighted by atomic mass is 19.1. The van der Waals surface area contributed by atoms with Gasteiger partial charge in [-0.2, -0.15) is 0 Å². The van der Waals surface area contributed by atoms with Gasteiger partial charge in [0.2, 0.25) is 5.43 Å². The SMILES string of the molecule is COc1cc(OCCN(C)C)cc2c(=O)c3ccc(F)cc3oc12. The van der Waals surface area contributed by atoms with Gasteiger partial charge in [0, 0.05) is 18.7 Å². The third-order valence-corrected chi connectivity index (χ3v) is 3.70. The van der Waals surface area contributed by atoms with Gasteiger partial charge in [0.05, 0.1) is 17.9 Å². The van der Waals surface area contributed by atoms with Crippen molar-refractivity contribution in [3.05, 3.63) is 46.4 Å². The number of halogens is 1. The smallest absolute Gasteiger partial charge is 0.200 e. The molecule has 0 bridgehead atoms. The monoisotopic (exact) mass is 331 g/mol. The average molecular weight is 331 g/mol. The lowest BCUT2D eigenvalue weighted by atomic mass is 10.1. The van der Waals surface area contributed by atoms with Gasteiger partial charge in [0.1, 0.15) is 23.8 Å². The Morgan fingerprint density at radius 1 is 1.17 bits per heavy atom. The van der Waals surface area contributed by atoms with Crippen LogP contribution in [-0.2, 0) is 0 Å². The number of methoxy groups -OCH3 is 1. The van der Waals surface area contributed by atoms with E-state index in [0.29, 0.717) is 28.9 Å². The minimum absolute atomic E-state index is 0.187. The van der Waals surface area contributed by atoms with Crippen molar-refractivity contribution < 1.29 is 18.3 Å². The van der Waals surface area contributed by atoms with Crippen molar-refractivity contribution in [2.75, 3.05) is 34.4 Å². The van der Waals surface area contributed by atoms with E-state index in [1.165, 1.54) is 25.3 Å². The van der Waals surface area contributed by atoms with Gasteiger partial charge in [-0.25, -0.2) is 4.39 Å². The predicted octanol–water partition coefficient (Wildman–Crippen LogP) is 3.03. The summed E-state index contributed by atoms with van der Waals surface area (Å²) >= 11 is 0. The third-order valence-electron chi connectivity index (χ3n) is 3.70. The molecule has 1 heterocycles. The van der Waals surface area contributed by atoms with Gasteiger partial charge >= 0.3 is 0 Å². The Balaban J connectivity index is 2.16.